The standard InChI is InChI=1S/C14H14BrNO4/c1-2-3-6-20-14(19)11-12(17)9-5-4-8(15)7-10(9)13(18)16-11/h4-5,7,17H,2-3,6H2,1H3,(H,16,18). The Morgan fingerprint density at radius 1 is 1.40 bits per heavy atom. The highest BCUT2D eigenvalue weighted by atomic mass is 79.9. The third-order valence-corrected chi connectivity index (χ3v) is 3.39. The van der Waals surface area contributed by atoms with Crippen molar-refractivity contribution in [3.05, 3.63) is 38.7 Å². The monoisotopic (exact) mass is 339 g/mol. The smallest absolute Gasteiger partial charge is 0.358 e. The summed E-state index contributed by atoms with van der Waals surface area (Å²) in [5.74, 6) is -0.994. The van der Waals surface area contributed by atoms with Crippen LogP contribution in [0.4, 0.5) is 0 Å². The number of carbonyl (C=O) groups excluding carboxylic acids is 1. The zero-order valence-electron chi connectivity index (χ0n) is 10.9. The number of rotatable bonds is 4. The molecule has 0 amide bonds. The number of hydrogen-bond acceptors (Lipinski definition) is 4. The first kappa shape index (κ1) is 14.6. The van der Waals surface area contributed by atoms with E-state index in [1.165, 1.54) is 0 Å². The van der Waals surface area contributed by atoms with Crippen molar-refractivity contribution in [2.24, 2.45) is 0 Å². The number of H-pyrrole nitrogens is 1. The summed E-state index contributed by atoms with van der Waals surface area (Å²) in [6.45, 7) is 2.23. The van der Waals surface area contributed by atoms with Gasteiger partial charge in [0.05, 0.1) is 12.0 Å². The molecule has 5 nitrogen and oxygen atoms in total. The molecule has 0 aliphatic rings. The lowest BCUT2D eigenvalue weighted by molar-refractivity contribution is 0.0489. The molecule has 1 aromatic carbocycles. The molecule has 0 aliphatic carbocycles. The van der Waals surface area contributed by atoms with E-state index in [1.807, 2.05) is 6.92 Å². The van der Waals surface area contributed by atoms with Crippen LogP contribution >= 0.6 is 15.9 Å². The van der Waals surface area contributed by atoms with Crippen LogP contribution in [0.3, 0.4) is 0 Å². The quantitative estimate of drug-likeness (QED) is 0.662. The number of esters is 1. The van der Waals surface area contributed by atoms with Gasteiger partial charge in [-0.1, -0.05) is 29.3 Å². The fourth-order valence-electron chi connectivity index (χ4n) is 1.81. The molecule has 20 heavy (non-hydrogen) atoms. The number of aromatic nitrogens is 1. The van der Waals surface area contributed by atoms with E-state index >= 15 is 0 Å². The van der Waals surface area contributed by atoms with Crippen molar-refractivity contribution in [1.29, 1.82) is 0 Å². The Hall–Kier alpha value is -1.82. The predicted octanol–water partition coefficient (Wildman–Crippen LogP) is 2.95. The summed E-state index contributed by atoms with van der Waals surface area (Å²) in [6, 6.07) is 4.85. The van der Waals surface area contributed by atoms with E-state index in [0.717, 1.165) is 12.8 Å². The molecule has 0 saturated carbocycles. The van der Waals surface area contributed by atoms with Crippen LogP contribution in [0.5, 0.6) is 5.75 Å². The molecular weight excluding hydrogens is 326 g/mol. The SMILES string of the molecule is CCCCOC(=O)c1[nH]c(=O)c2cc(Br)ccc2c1O. The van der Waals surface area contributed by atoms with E-state index in [4.69, 9.17) is 4.74 Å². The highest BCUT2D eigenvalue weighted by Crippen LogP contribution is 2.27. The van der Waals surface area contributed by atoms with E-state index in [2.05, 4.69) is 20.9 Å². The van der Waals surface area contributed by atoms with Crippen LogP contribution in [-0.2, 0) is 4.74 Å². The summed E-state index contributed by atoms with van der Waals surface area (Å²) >= 11 is 3.25. The highest BCUT2D eigenvalue weighted by molar-refractivity contribution is 9.10. The van der Waals surface area contributed by atoms with Gasteiger partial charge in [-0.05, 0) is 24.6 Å². The number of unbranched alkanes of at least 4 members (excludes halogenated alkanes) is 1. The molecule has 0 bridgehead atoms. The Kier molecular flexibility index (Phi) is 4.44. The molecule has 0 fully saturated rings. The zero-order chi connectivity index (χ0) is 14.7. The van der Waals surface area contributed by atoms with Crippen molar-refractivity contribution >= 4 is 32.7 Å². The Morgan fingerprint density at radius 3 is 2.85 bits per heavy atom. The van der Waals surface area contributed by atoms with E-state index in [1.54, 1.807) is 18.2 Å². The average Bonchev–Trinajstić information content (AvgIpc) is 2.42. The summed E-state index contributed by atoms with van der Waals surface area (Å²) in [4.78, 5) is 26.2. The van der Waals surface area contributed by atoms with Crippen molar-refractivity contribution in [3.63, 3.8) is 0 Å². The van der Waals surface area contributed by atoms with Gasteiger partial charge in [0.15, 0.2) is 11.4 Å². The van der Waals surface area contributed by atoms with Crippen LogP contribution in [0.15, 0.2) is 27.5 Å². The molecule has 0 aliphatic heterocycles. The summed E-state index contributed by atoms with van der Waals surface area (Å²) in [6.07, 6.45) is 1.62. The van der Waals surface area contributed by atoms with Gasteiger partial charge in [0, 0.05) is 9.86 Å². The van der Waals surface area contributed by atoms with Crippen LogP contribution in [0.25, 0.3) is 10.8 Å². The van der Waals surface area contributed by atoms with Crippen molar-refractivity contribution in [1.82, 2.24) is 4.98 Å². The molecular formula is C14H14BrNO4. The van der Waals surface area contributed by atoms with E-state index < -0.39 is 11.5 Å². The largest absolute Gasteiger partial charge is 0.505 e. The number of ether oxygens (including phenoxy) is 1. The molecule has 1 heterocycles. The van der Waals surface area contributed by atoms with E-state index in [-0.39, 0.29) is 18.1 Å². The van der Waals surface area contributed by atoms with Crippen molar-refractivity contribution in [2.75, 3.05) is 6.61 Å². The zero-order valence-corrected chi connectivity index (χ0v) is 12.5. The van der Waals surface area contributed by atoms with E-state index in [9.17, 15) is 14.7 Å². The maximum Gasteiger partial charge on any atom is 0.358 e. The van der Waals surface area contributed by atoms with Crippen LogP contribution in [0.2, 0.25) is 0 Å². The average molecular weight is 340 g/mol. The fraction of sp³-hybridized carbons (Fsp3) is 0.286. The normalized spacial score (nSPS) is 10.7. The Balaban J connectivity index is 2.45. The van der Waals surface area contributed by atoms with Gasteiger partial charge in [-0.2, -0.15) is 0 Å². The molecule has 0 atom stereocenters. The lowest BCUT2D eigenvalue weighted by atomic mass is 10.1. The number of halogens is 1. The molecule has 0 spiro atoms. The van der Waals surface area contributed by atoms with Gasteiger partial charge in [-0.15, -0.1) is 0 Å². The number of pyridine rings is 1. The lowest BCUT2D eigenvalue weighted by Crippen LogP contribution is -2.16. The maximum absolute atomic E-state index is 11.9. The van der Waals surface area contributed by atoms with Gasteiger partial charge in [-0.25, -0.2) is 4.79 Å². The second-order valence-electron chi connectivity index (χ2n) is 4.36. The number of hydrogen-bond donors (Lipinski definition) is 2. The van der Waals surface area contributed by atoms with Gasteiger partial charge in [0.1, 0.15) is 0 Å². The van der Waals surface area contributed by atoms with Gasteiger partial charge in [-0.3, -0.25) is 4.79 Å². The van der Waals surface area contributed by atoms with E-state index in [0.29, 0.717) is 15.2 Å². The van der Waals surface area contributed by atoms with Crippen molar-refractivity contribution < 1.29 is 14.6 Å². The van der Waals surface area contributed by atoms with Crippen LogP contribution in [0.1, 0.15) is 30.3 Å². The molecule has 106 valence electrons. The van der Waals surface area contributed by atoms with Crippen LogP contribution in [0, 0.1) is 0 Å². The van der Waals surface area contributed by atoms with Gasteiger partial charge in [0.2, 0.25) is 0 Å². The topological polar surface area (TPSA) is 79.4 Å². The lowest BCUT2D eigenvalue weighted by Gasteiger charge is -2.08. The molecule has 2 N–H and O–H groups in total. The summed E-state index contributed by atoms with van der Waals surface area (Å²) in [5, 5.41) is 10.7. The minimum Gasteiger partial charge on any atom is -0.505 e. The first-order valence-electron chi connectivity index (χ1n) is 6.26. The van der Waals surface area contributed by atoms with Gasteiger partial charge in [0.25, 0.3) is 5.56 Å². The molecule has 2 rings (SSSR count). The number of aromatic hydroxyl groups is 1. The molecule has 6 heteroatoms. The number of nitrogens with one attached hydrogen (secondary N) is 1. The highest BCUT2D eigenvalue weighted by Gasteiger charge is 2.18. The first-order chi connectivity index (χ1) is 9.54. The van der Waals surface area contributed by atoms with Crippen molar-refractivity contribution in [2.45, 2.75) is 19.8 Å². The molecule has 0 saturated heterocycles. The second-order valence-corrected chi connectivity index (χ2v) is 5.27. The minimum atomic E-state index is -0.724. The first-order valence-corrected chi connectivity index (χ1v) is 7.05. The fourth-order valence-corrected chi connectivity index (χ4v) is 2.18. The molecule has 2 aromatic rings. The minimum absolute atomic E-state index is 0.207. The molecule has 0 unspecified atom stereocenters. The summed E-state index contributed by atoms with van der Waals surface area (Å²) in [7, 11) is 0. The third-order valence-electron chi connectivity index (χ3n) is 2.89. The van der Waals surface area contributed by atoms with Crippen molar-refractivity contribution in [3.8, 4) is 5.75 Å². The number of aromatic amines is 1. The third kappa shape index (κ3) is 2.85. The number of benzene rings is 1. The Bertz CT molecular complexity index is 708. The maximum atomic E-state index is 11.9. The molecule has 1 aromatic heterocycles. The predicted molar refractivity (Wildman–Crippen MR) is 79.1 cm³/mol. The van der Waals surface area contributed by atoms with Gasteiger partial charge < -0.3 is 14.8 Å². The molecule has 0 radical (unpaired) electrons. The Labute approximate surface area is 123 Å². The summed E-state index contributed by atoms with van der Waals surface area (Å²) < 4.78 is 5.71. The van der Waals surface area contributed by atoms with Crippen LogP contribution in [-0.4, -0.2) is 22.7 Å². The van der Waals surface area contributed by atoms with Crippen LogP contribution < -0.4 is 5.56 Å². The summed E-state index contributed by atoms with van der Waals surface area (Å²) in [5.41, 5.74) is -0.650. The number of fused-ring (bicyclic) bond motifs is 1. The Morgan fingerprint density at radius 2 is 2.15 bits per heavy atom. The van der Waals surface area contributed by atoms with Gasteiger partial charge >= 0.3 is 5.97 Å². The second kappa shape index (κ2) is 6.09. The number of carbonyl (C=O) groups is 1.